The van der Waals surface area contributed by atoms with Gasteiger partial charge in [0.2, 0.25) is 0 Å². The third kappa shape index (κ3) is 5.56. The molecule has 0 aliphatic heterocycles. The molecule has 20 heavy (non-hydrogen) atoms. The van der Waals surface area contributed by atoms with Crippen LogP contribution in [0.5, 0.6) is 0 Å². The summed E-state index contributed by atoms with van der Waals surface area (Å²) in [6.07, 6.45) is 12.9. The number of hydrogen-bond acceptors (Lipinski definition) is 1. The molecular formula is C19H33N. The number of nitrogen functional groups attached to an aromatic ring is 1. The fourth-order valence-electron chi connectivity index (χ4n) is 2.93. The average molecular weight is 275 g/mol. The van der Waals surface area contributed by atoms with Crippen molar-refractivity contribution in [1.29, 1.82) is 0 Å². The van der Waals surface area contributed by atoms with Gasteiger partial charge in [-0.2, -0.15) is 0 Å². The fourth-order valence-corrected chi connectivity index (χ4v) is 2.93. The van der Waals surface area contributed by atoms with E-state index >= 15 is 0 Å². The molecule has 1 nitrogen and oxygen atoms in total. The molecule has 1 aromatic rings. The quantitative estimate of drug-likeness (QED) is 0.422. The van der Waals surface area contributed by atoms with Crippen molar-refractivity contribution in [3.63, 3.8) is 0 Å². The largest absolute Gasteiger partial charge is 0.398 e. The van der Waals surface area contributed by atoms with Gasteiger partial charge in [0.05, 0.1) is 0 Å². The van der Waals surface area contributed by atoms with E-state index in [0.29, 0.717) is 0 Å². The minimum absolute atomic E-state index is 1.01. The third-order valence-corrected chi connectivity index (χ3v) is 4.26. The Balaban J connectivity index is 2.66. The van der Waals surface area contributed by atoms with E-state index in [4.69, 9.17) is 5.73 Å². The fraction of sp³-hybridized carbons (Fsp3) is 0.684. The molecule has 0 aliphatic rings. The van der Waals surface area contributed by atoms with Crippen LogP contribution < -0.4 is 5.73 Å². The Bertz CT molecular complexity index is 345. The lowest BCUT2D eigenvalue weighted by molar-refractivity contribution is 0.650. The van der Waals surface area contributed by atoms with Gasteiger partial charge >= 0.3 is 0 Å². The Morgan fingerprint density at radius 3 is 1.85 bits per heavy atom. The molecule has 1 aromatic carbocycles. The Labute approximate surface area is 126 Å². The maximum atomic E-state index is 6.24. The Hall–Kier alpha value is -0.980. The standard InChI is InChI=1S/C19H33N/c1-4-6-8-10-12-17-16(3)14-15-19(20)18(17)13-11-9-7-5-2/h14-15H,4-13,20H2,1-3H3. The first-order valence-electron chi connectivity index (χ1n) is 8.57. The molecule has 0 aliphatic carbocycles. The number of benzene rings is 1. The molecule has 0 bridgehead atoms. The molecule has 0 atom stereocenters. The van der Waals surface area contributed by atoms with Gasteiger partial charge in [0.25, 0.3) is 0 Å². The van der Waals surface area contributed by atoms with Crippen LogP contribution >= 0.6 is 0 Å². The van der Waals surface area contributed by atoms with E-state index in [2.05, 4.69) is 32.9 Å². The molecule has 0 radical (unpaired) electrons. The number of unbranched alkanes of at least 4 members (excludes halogenated alkanes) is 6. The normalized spacial score (nSPS) is 10.9. The number of nitrogens with two attached hydrogens (primary N) is 1. The highest BCUT2D eigenvalue weighted by molar-refractivity contribution is 5.54. The Morgan fingerprint density at radius 2 is 1.30 bits per heavy atom. The van der Waals surface area contributed by atoms with Crippen molar-refractivity contribution in [2.45, 2.75) is 85.0 Å². The number of hydrogen-bond donors (Lipinski definition) is 1. The van der Waals surface area contributed by atoms with Crippen LogP contribution in [0, 0.1) is 6.92 Å². The van der Waals surface area contributed by atoms with Crippen molar-refractivity contribution in [3.8, 4) is 0 Å². The summed E-state index contributed by atoms with van der Waals surface area (Å²) >= 11 is 0. The Kier molecular flexibility index (Phi) is 8.41. The number of anilines is 1. The highest BCUT2D eigenvalue weighted by atomic mass is 14.6. The molecule has 0 saturated carbocycles. The summed E-state index contributed by atoms with van der Waals surface area (Å²) in [6, 6.07) is 4.29. The lowest BCUT2D eigenvalue weighted by Crippen LogP contribution is -2.03. The van der Waals surface area contributed by atoms with E-state index in [1.807, 2.05) is 0 Å². The SMILES string of the molecule is CCCCCCc1c(C)ccc(N)c1CCCCCC. The lowest BCUT2D eigenvalue weighted by atomic mass is 9.92. The van der Waals surface area contributed by atoms with Gasteiger partial charge in [0.1, 0.15) is 0 Å². The van der Waals surface area contributed by atoms with E-state index in [-0.39, 0.29) is 0 Å². The third-order valence-electron chi connectivity index (χ3n) is 4.26. The monoisotopic (exact) mass is 275 g/mol. The zero-order valence-corrected chi connectivity index (χ0v) is 13.8. The summed E-state index contributed by atoms with van der Waals surface area (Å²) in [6.45, 7) is 6.77. The highest BCUT2D eigenvalue weighted by Gasteiger charge is 2.09. The van der Waals surface area contributed by atoms with Crippen LogP contribution in [0.2, 0.25) is 0 Å². The minimum atomic E-state index is 1.01. The molecular weight excluding hydrogens is 242 g/mol. The van der Waals surface area contributed by atoms with Crippen LogP contribution in [-0.4, -0.2) is 0 Å². The van der Waals surface area contributed by atoms with Gasteiger partial charge < -0.3 is 5.73 Å². The first kappa shape index (κ1) is 17.1. The summed E-state index contributed by atoms with van der Waals surface area (Å²) in [5.74, 6) is 0. The molecule has 0 amide bonds. The summed E-state index contributed by atoms with van der Waals surface area (Å²) in [5.41, 5.74) is 11.7. The van der Waals surface area contributed by atoms with Gasteiger partial charge in [-0.05, 0) is 55.4 Å². The van der Waals surface area contributed by atoms with Gasteiger partial charge in [-0.3, -0.25) is 0 Å². The molecule has 0 saturated heterocycles. The summed E-state index contributed by atoms with van der Waals surface area (Å²) < 4.78 is 0. The van der Waals surface area contributed by atoms with Crippen LogP contribution in [0.4, 0.5) is 5.69 Å². The number of rotatable bonds is 10. The zero-order valence-electron chi connectivity index (χ0n) is 13.8. The maximum Gasteiger partial charge on any atom is 0.0349 e. The second-order valence-corrected chi connectivity index (χ2v) is 6.05. The van der Waals surface area contributed by atoms with E-state index in [0.717, 1.165) is 12.1 Å². The minimum Gasteiger partial charge on any atom is -0.398 e. The van der Waals surface area contributed by atoms with Gasteiger partial charge in [0, 0.05) is 5.69 Å². The molecule has 114 valence electrons. The van der Waals surface area contributed by atoms with Crippen molar-refractivity contribution in [3.05, 3.63) is 28.8 Å². The Morgan fingerprint density at radius 1 is 0.750 bits per heavy atom. The molecule has 2 N–H and O–H groups in total. The van der Waals surface area contributed by atoms with Crippen molar-refractivity contribution in [2.75, 3.05) is 5.73 Å². The van der Waals surface area contributed by atoms with Crippen LogP contribution in [0.1, 0.15) is 81.9 Å². The predicted octanol–water partition coefficient (Wildman–Crippen LogP) is 5.82. The van der Waals surface area contributed by atoms with Crippen LogP contribution in [0.15, 0.2) is 12.1 Å². The van der Waals surface area contributed by atoms with Gasteiger partial charge in [-0.15, -0.1) is 0 Å². The van der Waals surface area contributed by atoms with Gasteiger partial charge in [-0.25, -0.2) is 0 Å². The smallest absolute Gasteiger partial charge is 0.0349 e. The average Bonchev–Trinajstić information content (AvgIpc) is 2.45. The van der Waals surface area contributed by atoms with E-state index in [1.165, 1.54) is 74.5 Å². The molecule has 0 aromatic heterocycles. The van der Waals surface area contributed by atoms with Gasteiger partial charge in [-0.1, -0.05) is 58.4 Å². The first-order chi connectivity index (χ1) is 9.70. The molecule has 1 heteroatoms. The summed E-state index contributed by atoms with van der Waals surface area (Å²) in [4.78, 5) is 0. The van der Waals surface area contributed by atoms with Crippen molar-refractivity contribution >= 4 is 5.69 Å². The summed E-state index contributed by atoms with van der Waals surface area (Å²) in [5, 5.41) is 0. The molecule has 0 unspecified atom stereocenters. The maximum absolute atomic E-state index is 6.24. The topological polar surface area (TPSA) is 26.0 Å². The predicted molar refractivity (Wildman–Crippen MR) is 91.3 cm³/mol. The number of aryl methyl sites for hydroxylation is 1. The molecule has 0 spiro atoms. The van der Waals surface area contributed by atoms with Gasteiger partial charge in [0.15, 0.2) is 0 Å². The van der Waals surface area contributed by atoms with Crippen molar-refractivity contribution in [1.82, 2.24) is 0 Å². The second kappa shape index (κ2) is 9.85. The molecule has 1 rings (SSSR count). The zero-order chi connectivity index (χ0) is 14.8. The van der Waals surface area contributed by atoms with Crippen molar-refractivity contribution in [2.24, 2.45) is 0 Å². The first-order valence-corrected chi connectivity index (χ1v) is 8.57. The van der Waals surface area contributed by atoms with E-state index in [9.17, 15) is 0 Å². The van der Waals surface area contributed by atoms with E-state index in [1.54, 1.807) is 0 Å². The highest BCUT2D eigenvalue weighted by Crippen LogP contribution is 2.25. The van der Waals surface area contributed by atoms with E-state index < -0.39 is 0 Å². The summed E-state index contributed by atoms with van der Waals surface area (Å²) in [7, 11) is 0. The van der Waals surface area contributed by atoms with Crippen LogP contribution in [-0.2, 0) is 12.8 Å². The molecule has 0 heterocycles. The lowest BCUT2D eigenvalue weighted by Gasteiger charge is -2.15. The molecule has 0 fully saturated rings. The van der Waals surface area contributed by atoms with Crippen molar-refractivity contribution < 1.29 is 0 Å². The second-order valence-electron chi connectivity index (χ2n) is 6.05. The van der Waals surface area contributed by atoms with Crippen LogP contribution in [0.3, 0.4) is 0 Å². The van der Waals surface area contributed by atoms with Crippen LogP contribution in [0.25, 0.3) is 0 Å².